The van der Waals surface area contributed by atoms with Gasteiger partial charge in [0.15, 0.2) is 0 Å². The van der Waals surface area contributed by atoms with Crippen LogP contribution in [0.25, 0.3) is 0 Å². The van der Waals surface area contributed by atoms with Gasteiger partial charge in [-0.25, -0.2) is 0 Å². The summed E-state index contributed by atoms with van der Waals surface area (Å²) in [5.74, 6) is -0.218. The van der Waals surface area contributed by atoms with E-state index in [9.17, 15) is 9.59 Å². The van der Waals surface area contributed by atoms with Crippen LogP contribution in [0.2, 0.25) is 0 Å². The second kappa shape index (κ2) is 8.29. The number of anilines is 1. The predicted octanol–water partition coefficient (Wildman–Crippen LogP) is 2.07. The van der Waals surface area contributed by atoms with Crippen LogP contribution < -0.4 is 16.0 Å². The second-order valence-electron chi connectivity index (χ2n) is 5.31. The highest BCUT2D eigenvalue weighted by atomic mass is 16.2. The van der Waals surface area contributed by atoms with Crippen LogP contribution in [0, 0.1) is 6.92 Å². The smallest absolute Gasteiger partial charge is 0.253 e. The highest BCUT2D eigenvalue weighted by Crippen LogP contribution is 2.17. The topological polar surface area (TPSA) is 70.2 Å². The standard InChI is InChI=1S/C16H25N3O2/c1-5-17-14-10-12(4)6-7-13(14)16(21)18-9-8-15(20)19-11(2)3/h6-7,10-11,17H,5,8-9H2,1-4H3,(H,18,21)(H,19,20). The van der Waals surface area contributed by atoms with Gasteiger partial charge in [-0.2, -0.15) is 0 Å². The number of nitrogens with one attached hydrogen (secondary N) is 3. The van der Waals surface area contributed by atoms with Gasteiger partial charge in [-0.3, -0.25) is 9.59 Å². The van der Waals surface area contributed by atoms with Gasteiger partial charge in [0.05, 0.1) is 5.56 Å². The van der Waals surface area contributed by atoms with Crippen LogP contribution in [-0.2, 0) is 4.79 Å². The first-order chi connectivity index (χ1) is 9.93. The Kier molecular flexibility index (Phi) is 6.72. The molecule has 2 amide bonds. The Balaban J connectivity index is 2.58. The zero-order valence-electron chi connectivity index (χ0n) is 13.2. The largest absolute Gasteiger partial charge is 0.385 e. The molecule has 116 valence electrons. The second-order valence-corrected chi connectivity index (χ2v) is 5.31. The Hall–Kier alpha value is -2.04. The Morgan fingerprint density at radius 2 is 1.95 bits per heavy atom. The molecule has 0 saturated heterocycles. The minimum atomic E-state index is -0.164. The van der Waals surface area contributed by atoms with Crippen LogP contribution in [-0.4, -0.2) is 30.9 Å². The molecule has 0 spiro atoms. The van der Waals surface area contributed by atoms with E-state index in [-0.39, 0.29) is 24.3 Å². The molecule has 0 heterocycles. The van der Waals surface area contributed by atoms with Gasteiger partial charge in [0, 0.05) is 31.2 Å². The first-order valence-corrected chi connectivity index (χ1v) is 7.36. The van der Waals surface area contributed by atoms with E-state index in [1.54, 1.807) is 6.07 Å². The van der Waals surface area contributed by atoms with Gasteiger partial charge >= 0.3 is 0 Å². The predicted molar refractivity (Wildman–Crippen MR) is 85.6 cm³/mol. The number of benzene rings is 1. The lowest BCUT2D eigenvalue weighted by Gasteiger charge is -2.12. The summed E-state index contributed by atoms with van der Waals surface area (Å²) >= 11 is 0. The van der Waals surface area contributed by atoms with Gasteiger partial charge < -0.3 is 16.0 Å². The van der Waals surface area contributed by atoms with Gasteiger partial charge in [-0.1, -0.05) is 6.07 Å². The number of carbonyl (C=O) groups excluding carboxylic acids is 2. The molecule has 0 fully saturated rings. The quantitative estimate of drug-likeness (QED) is 0.720. The van der Waals surface area contributed by atoms with E-state index in [2.05, 4.69) is 16.0 Å². The molecule has 1 aromatic rings. The third kappa shape index (κ3) is 5.85. The maximum Gasteiger partial charge on any atom is 0.253 e. The molecular formula is C16H25N3O2. The minimum absolute atomic E-state index is 0.0545. The third-order valence-corrected chi connectivity index (χ3v) is 2.87. The number of rotatable bonds is 7. The van der Waals surface area contributed by atoms with Crippen molar-refractivity contribution in [1.82, 2.24) is 10.6 Å². The molecule has 0 aliphatic heterocycles. The molecule has 21 heavy (non-hydrogen) atoms. The van der Waals surface area contributed by atoms with Crippen molar-refractivity contribution >= 4 is 17.5 Å². The van der Waals surface area contributed by atoms with E-state index >= 15 is 0 Å². The molecule has 0 radical (unpaired) electrons. The van der Waals surface area contributed by atoms with Gasteiger partial charge in [0.2, 0.25) is 5.91 Å². The molecule has 0 aliphatic rings. The van der Waals surface area contributed by atoms with E-state index < -0.39 is 0 Å². The average Bonchev–Trinajstić information content (AvgIpc) is 2.38. The Labute approximate surface area is 126 Å². The van der Waals surface area contributed by atoms with E-state index in [1.165, 1.54) is 0 Å². The minimum Gasteiger partial charge on any atom is -0.385 e. The van der Waals surface area contributed by atoms with E-state index in [4.69, 9.17) is 0 Å². The molecule has 1 aromatic carbocycles. The Morgan fingerprint density at radius 3 is 2.57 bits per heavy atom. The number of carbonyl (C=O) groups is 2. The van der Waals surface area contributed by atoms with Crippen LogP contribution in [0.3, 0.4) is 0 Å². The van der Waals surface area contributed by atoms with Gasteiger partial charge in [-0.05, 0) is 45.4 Å². The summed E-state index contributed by atoms with van der Waals surface area (Å²) < 4.78 is 0. The monoisotopic (exact) mass is 291 g/mol. The summed E-state index contributed by atoms with van der Waals surface area (Å²) in [7, 11) is 0. The van der Waals surface area contributed by atoms with Crippen molar-refractivity contribution in [3.05, 3.63) is 29.3 Å². The molecule has 1 rings (SSSR count). The summed E-state index contributed by atoms with van der Waals surface area (Å²) in [5, 5.41) is 8.76. The van der Waals surface area contributed by atoms with Crippen molar-refractivity contribution in [2.45, 2.75) is 40.2 Å². The zero-order chi connectivity index (χ0) is 15.8. The van der Waals surface area contributed by atoms with Crippen LogP contribution in [0.15, 0.2) is 18.2 Å². The number of amides is 2. The van der Waals surface area contributed by atoms with Crippen molar-refractivity contribution in [3.8, 4) is 0 Å². The summed E-state index contributed by atoms with van der Waals surface area (Å²) in [4.78, 5) is 23.7. The lowest BCUT2D eigenvalue weighted by Crippen LogP contribution is -2.34. The van der Waals surface area contributed by atoms with Crippen LogP contribution in [0.4, 0.5) is 5.69 Å². The molecule has 0 atom stereocenters. The van der Waals surface area contributed by atoms with Gasteiger partial charge in [0.25, 0.3) is 5.91 Å². The van der Waals surface area contributed by atoms with E-state index in [0.29, 0.717) is 12.1 Å². The van der Waals surface area contributed by atoms with Crippen molar-refractivity contribution < 1.29 is 9.59 Å². The summed E-state index contributed by atoms with van der Waals surface area (Å²) in [6, 6.07) is 5.77. The van der Waals surface area contributed by atoms with Crippen molar-refractivity contribution in [2.75, 3.05) is 18.4 Å². The summed E-state index contributed by atoms with van der Waals surface area (Å²) in [6.07, 6.45) is 0.284. The van der Waals surface area contributed by atoms with Gasteiger partial charge in [0.1, 0.15) is 0 Å². The highest BCUT2D eigenvalue weighted by molar-refractivity contribution is 5.99. The first kappa shape index (κ1) is 17.0. The van der Waals surface area contributed by atoms with Crippen molar-refractivity contribution in [3.63, 3.8) is 0 Å². The number of hydrogen-bond acceptors (Lipinski definition) is 3. The molecule has 3 N–H and O–H groups in total. The molecule has 0 aromatic heterocycles. The summed E-state index contributed by atoms with van der Waals surface area (Å²) in [5.41, 5.74) is 2.52. The van der Waals surface area contributed by atoms with E-state index in [0.717, 1.165) is 17.8 Å². The highest BCUT2D eigenvalue weighted by Gasteiger charge is 2.11. The molecule has 5 heteroatoms. The molecule has 0 aliphatic carbocycles. The number of aryl methyl sites for hydroxylation is 1. The zero-order valence-corrected chi connectivity index (χ0v) is 13.2. The Morgan fingerprint density at radius 1 is 1.24 bits per heavy atom. The SMILES string of the molecule is CCNc1cc(C)ccc1C(=O)NCCC(=O)NC(C)C. The fraction of sp³-hybridized carbons (Fsp3) is 0.500. The molecular weight excluding hydrogens is 266 g/mol. The van der Waals surface area contributed by atoms with E-state index in [1.807, 2.05) is 39.8 Å². The van der Waals surface area contributed by atoms with Crippen LogP contribution in [0.5, 0.6) is 0 Å². The molecule has 0 unspecified atom stereocenters. The summed E-state index contributed by atoms with van der Waals surface area (Å²) in [6.45, 7) is 8.87. The normalized spacial score (nSPS) is 10.3. The molecule has 0 bridgehead atoms. The van der Waals surface area contributed by atoms with Crippen molar-refractivity contribution in [2.24, 2.45) is 0 Å². The van der Waals surface area contributed by atoms with Gasteiger partial charge in [-0.15, -0.1) is 0 Å². The average molecular weight is 291 g/mol. The number of hydrogen-bond donors (Lipinski definition) is 3. The lowest BCUT2D eigenvalue weighted by atomic mass is 10.1. The lowest BCUT2D eigenvalue weighted by molar-refractivity contribution is -0.121. The molecule has 0 saturated carbocycles. The fourth-order valence-corrected chi connectivity index (χ4v) is 1.97. The first-order valence-electron chi connectivity index (χ1n) is 7.36. The fourth-order valence-electron chi connectivity index (χ4n) is 1.97. The third-order valence-electron chi connectivity index (χ3n) is 2.87. The maximum absolute atomic E-state index is 12.2. The maximum atomic E-state index is 12.2. The van der Waals surface area contributed by atoms with Crippen LogP contribution in [0.1, 0.15) is 43.1 Å². The van der Waals surface area contributed by atoms with Crippen molar-refractivity contribution in [1.29, 1.82) is 0 Å². The van der Waals surface area contributed by atoms with Crippen LogP contribution >= 0.6 is 0 Å². The molecule has 5 nitrogen and oxygen atoms in total. The Bertz CT molecular complexity index is 498.